The van der Waals surface area contributed by atoms with Crippen LogP contribution in [0.5, 0.6) is 0 Å². The number of halogens is 1. The fourth-order valence-electron chi connectivity index (χ4n) is 0.867. The number of nitrogens with one attached hydrogen (secondary N) is 1. The van der Waals surface area contributed by atoms with Crippen LogP contribution in [0.4, 0.5) is 0 Å². The first kappa shape index (κ1) is 9.26. The zero-order valence-electron chi connectivity index (χ0n) is 6.80. The molecule has 0 radical (unpaired) electrons. The first-order valence-electron chi connectivity index (χ1n) is 3.72. The fourth-order valence-corrected chi connectivity index (χ4v) is 1.33. The highest BCUT2D eigenvalue weighted by atomic mass is 79.9. The maximum Gasteiger partial charge on any atom is 0.214 e. The molecule has 0 bridgehead atoms. The van der Waals surface area contributed by atoms with E-state index in [0.717, 1.165) is 10.0 Å². The Labute approximate surface area is 80.2 Å². The Bertz CT molecular complexity index is 286. The third-order valence-electron chi connectivity index (χ3n) is 1.41. The number of rotatable bonds is 2. The van der Waals surface area contributed by atoms with Crippen LogP contribution < -0.4 is 0 Å². The largest absolute Gasteiger partial charge is 0.478 e. The maximum atomic E-state index is 7.52. The van der Waals surface area contributed by atoms with Gasteiger partial charge in [0, 0.05) is 4.47 Å². The predicted molar refractivity (Wildman–Crippen MR) is 52.6 cm³/mol. The number of hydrogen-bond donors (Lipinski definition) is 1. The summed E-state index contributed by atoms with van der Waals surface area (Å²) >= 11 is 3.35. The highest BCUT2D eigenvalue weighted by Gasteiger charge is 2.04. The topological polar surface area (TPSA) is 33.1 Å². The summed E-state index contributed by atoms with van der Waals surface area (Å²) in [4.78, 5) is 0. The van der Waals surface area contributed by atoms with Gasteiger partial charge in [0.1, 0.15) is 0 Å². The van der Waals surface area contributed by atoms with Gasteiger partial charge in [-0.3, -0.25) is 5.41 Å². The van der Waals surface area contributed by atoms with Crippen molar-refractivity contribution in [3.05, 3.63) is 34.3 Å². The number of hydrogen-bond acceptors (Lipinski definition) is 2. The third-order valence-corrected chi connectivity index (χ3v) is 2.10. The van der Waals surface area contributed by atoms with E-state index in [4.69, 9.17) is 10.1 Å². The van der Waals surface area contributed by atoms with Gasteiger partial charge in [-0.25, -0.2) is 0 Å². The van der Waals surface area contributed by atoms with Gasteiger partial charge in [0.25, 0.3) is 0 Å². The summed E-state index contributed by atoms with van der Waals surface area (Å²) in [6.07, 6.45) is 0. The van der Waals surface area contributed by atoms with E-state index in [0.29, 0.717) is 6.61 Å². The Morgan fingerprint density at radius 1 is 1.50 bits per heavy atom. The highest BCUT2D eigenvalue weighted by Crippen LogP contribution is 2.16. The molecule has 0 aliphatic rings. The molecule has 0 saturated heterocycles. The lowest BCUT2D eigenvalue weighted by Gasteiger charge is -2.05. The maximum absolute atomic E-state index is 7.52. The average molecular weight is 228 g/mol. The summed E-state index contributed by atoms with van der Waals surface area (Å²) in [6.45, 7) is 2.39. The molecule has 0 saturated carbocycles. The van der Waals surface area contributed by atoms with Crippen LogP contribution in [-0.4, -0.2) is 12.5 Å². The Balaban J connectivity index is 2.87. The van der Waals surface area contributed by atoms with Crippen molar-refractivity contribution in [3.8, 4) is 0 Å². The minimum Gasteiger partial charge on any atom is -0.478 e. The lowest BCUT2D eigenvalue weighted by atomic mass is 10.2. The van der Waals surface area contributed by atoms with Gasteiger partial charge in [0.2, 0.25) is 5.90 Å². The highest BCUT2D eigenvalue weighted by molar-refractivity contribution is 9.10. The molecule has 64 valence electrons. The van der Waals surface area contributed by atoms with Crippen LogP contribution in [0.25, 0.3) is 0 Å². The second kappa shape index (κ2) is 4.26. The van der Waals surface area contributed by atoms with Crippen molar-refractivity contribution in [2.75, 3.05) is 6.61 Å². The molecule has 3 heteroatoms. The molecule has 0 aliphatic carbocycles. The van der Waals surface area contributed by atoms with Crippen LogP contribution in [0.3, 0.4) is 0 Å². The van der Waals surface area contributed by atoms with Gasteiger partial charge in [-0.05, 0) is 35.0 Å². The monoisotopic (exact) mass is 227 g/mol. The first-order valence-corrected chi connectivity index (χ1v) is 4.51. The van der Waals surface area contributed by atoms with Gasteiger partial charge in [-0.1, -0.05) is 12.1 Å². The van der Waals surface area contributed by atoms with Gasteiger partial charge in [0.05, 0.1) is 12.2 Å². The molecular formula is C9H10BrNO. The van der Waals surface area contributed by atoms with Crippen molar-refractivity contribution in [1.29, 1.82) is 5.41 Å². The van der Waals surface area contributed by atoms with E-state index in [1.807, 2.05) is 31.2 Å². The summed E-state index contributed by atoms with van der Waals surface area (Å²) in [5.74, 6) is 0.213. The van der Waals surface area contributed by atoms with Crippen molar-refractivity contribution in [1.82, 2.24) is 0 Å². The Kier molecular flexibility index (Phi) is 3.29. The number of ether oxygens (including phenoxy) is 1. The molecule has 1 N–H and O–H groups in total. The molecule has 1 aromatic rings. The van der Waals surface area contributed by atoms with Crippen molar-refractivity contribution < 1.29 is 4.74 Å². The van der Waals surface area contributed by atoms with Crippen LogP contribution >= 0.6 is 15.9 Å². The van der Waals surface area contributed by atoms with Gasteiger partial charge in [-0.2, -0.15) is 0 Å². The summed E-state index contributed by atoms with van der Waals surface area (Å²) in [6, 6.07) is 7.53. The van der Waals surface area contributed by atoms with Crippen molar-refractivity contribution >= 4 is 21.8 Å². The molecule has 0 aliphatic heterocycles. The average Bonchev–Trinajstić information content (AvgIpc) is 2.05. The molecule has 0 fully saturated rings. The summed E-state index contributed by atoms with van der Waals surface area (Å²) in [5.41, 5.74) is 0.791. The van der Waals surface area contributed by atoms with Gasteiger partial charge in [-0.15, -0.1) is 0 Å². The Morgan fingerprint density at radius 2 is 2.17 bits per heavy atom. The second-order valence-electron chi connectivity index (χ2n) is 2.24. The van der Waals surface area contributed by atoms with E-state index < -0.39 is 0 Å². The van der Waals surface area contributed by atoms with E-state index in [1.165, 1.54) is 0 Å². The molecule has 0 aromatic heterocycles. The molecule has 0 unspecified atom stereocenters. The minimum absolute atomic E-state index is 0.213. The van der Waals surface area contributed by atoms with E-state index in [9.17, 15) is 0 Å². The minimum atomic E-state index is 0.213. The molecule has 0 spiro atoms. The predicted octanol–water partition coefficient (Wildman–Crippen LogP) is 2.81. The zero-order valence-corrected chi connectivity index (χ0v) is 8.39. The van der Waals surface area contributed by atoms with Gasteiger partial charge in [0.15, 0.2) is 0 Å². The standard InChI is InChI=1S/C9H10BrNO/c1-2-12-9(11)7-5-3-4-6-8(7)10/h3-6,11H,2H2,1H3. The molecule has 0 atom stereocenters. The lowest BCUT2D eigenvalue weighted by molar-refractivity contribution is 0.325. The summed E-state index contributed by atoms with van der Waals surface area (Å²) < 4.78 is 5.95. The van der Waals surface area contributed by atoms with E-state index in [2.05, 4.69) is 15.9 Å². The molecule has 2 nitrogen and oxygen atoms in total. The van der Waals surface area contributed by atoms with Crippen LogP contribution in [0.2, 0.25) is 0 Å². The van der Waals surface area contributed by atoms with Crippen molar-refractivity contribution in [2.24, 2.45) is 0 Å². The third kappa shape index (κ3) is 2.08. The normalized spacial score (nSPS) is 9.50. The van der Waals surface area contributed by atoms with E-state index in [-0.39, 0.29) is 5.90 Å². The quantitative estimate of drug-likeness (QED) is 0.612. The second-order valence-corrected chi connectivity index (χ2v) is 3.10. The van der Waals surface area contributed by atoms with Crippen LogP contribution in [-0.2, 0) is 4.74 Å². The first-order chi connectivity index (χ1) is 5.75. The molecular weight excluding hydrogens is 218 g/mol. The SMILES string of the molecule is CCOC(=N)c1ccccc1Br. The van der Waals surface area contributed by atoms with Gasteiger partial charge >= 0.3 is 0 Å². The number of benzene rings is 1. The van der Waals surface area contributed by atoms with E-state index >= 15 is 0 Å². The van der Waals surface area contributed by atoms with Crippen LogP contribution in [0.15, 0.2) is 28.7 Å². The molecule has 0 heterocycles. The zero-order chi connectivity index (χ0) is 8.97. The van der Waals surface area contributed by atoms with E-state index in [1.54, 1.807) is 0 Å². The summed E-state index contributed by atoms with van der Waals surface area (Å²) in [7, 11) is 0. The Hall–Kier alpha value is -0.830. The smallest absolute Gasteiger partial charge is 0.214 e. The van der Waals surface area contributed by atoms with Crippen LogP contribution in [0.1, 0.15) is 12.5 Å². The summed E-state index contributed by atoms with van der Waals surface area (Å²) in [5, 5.41) is 7.52. The van der Waals surface area contributed by atoms with Crippen molar-refractivity contribution in [3.63, 3.8) is 0 Å². The van der Waals surface area contributed by atoms with Crippen LogP contribution in [0, 0.1) is 5.41 Å². The van der Waals surface area contributed by atoms with Gasteiger partial charge < -0.3 is 4.74 Å². The lowest BCUT2D eigenvalue weighted by Crippen LogP contribution is -2.04. The molecule has 1 aromatic carbocycles. The fraction of sp³-hybridized carbons (Fsp3) is 0.222. The molecule has 0 amide bonds. The Morgan fingerprint density at radius 3 is 2.75 bits per heavy atom. The van der Waals surface area contributed by atoms with Crippen molar-refractivity contribution in [2.45, 2.75) is 6.92 Å². The molecule has 12 heavy (non-hydrogen) atoms. The molecule has 1 rings (SSSR count).